The van der Waals surface area contributed by atoms with E-state index < -0.39 is 0 Å². The molecule has 4 nitrogen and oxygen atoms in total. The van der Waals surface area contributed by atoms with Crippen LogP contribution in [-0.2, 0) is 4.79 Å². The largest absolute Gasteiger partial charge is 0.321 e. The molecule has 0 aliphatic rings. The summed E-state index contributed by atoms with van der Waals surface area (Å²) in [6, 6.07) is 0. The first-order valence-corrected chi connectivity index (χ1v) is 7.86. The molecule has 0 aliphatic carbocycles. The van der Waals surface area contributed by atoms with E-state index in [1.807, 2.05) is 0 Å². The number of nitrogens with one attached hydrogen (secondary N) is 1. The Morgan fingerprint density at radius 3 is 2.20 bits per heavy atom. The Hall–Kier alpha value is -0.870. The predicted octanol–water partition coefficient (Wildman–Crippen LogP) is 4.86. The highest BCUT2D eigenvalue weighted by molar-refractivity contribution is 6.38. The third-order valence-electron chi connectivity index (χ3n) is 3.03. The molecule has 0 aromatic carbocycles. The van der Waals surface area contributed by atoms with E-state index >= 15 is 0 Å². The fourth-order valence-electron chi connectivity index (χ4n) is 1.89. The molecule has 1 amide bonds. The number of nitrogens with zero attached hydrogens (tertiary/aromatic N) is 2. The van der Waals surface area contributed by atoms with Crippen LogP contribution in [-0.4, -0.2) is 15.9 Å². The van der Waals surface area contributed by atoms with Crippen LogP contribution in [0.3, 0.4) is 0 Å². The zero-order chi connectivity index (χ0) is 14.8. The summed E-state index contributed by atoms with van der Waals surface area (Å²) in [4.78, 5) is 19.3. The van der Waals surface area contributed by atoms with E-state index in [1.54, 1.807) is 0 Å². The van der Waals surface area contributed by atoms with Crippen molar-refractivity contribution in [3.8, 4) is 0 Å². The van der Waals surface area contributed by atoms with E-state index in [4.69, 9.17) is 23.2 Å². The lowest BCUT2D eigenvalue weighted by molar-refractivity contribution is -0.116. The van der Waals surface area contributed by atoms with Crippen molar-refractivity contribution in [1.29, 1.82) is 0 Å². The Morgan fingerprint density at radius 2 is 1.60 bits per heavy atom. The fourth-order valence-corrected chi connectivity index (χ4v) is 2.30. The quantitative estimate of drug-likeness (QED) is 0.522. The molecule has 1 heterocycles. The Morgan fingerprint density at radius 1 is 1.05 bits per heavy atom. The fraction of sp³-hybridized carbons (Fsp3) is 0.643. The van der Waals surface area contributed by atoms with Crippen LogP contribution in [0.2, 0.25) is 10.3 Å². The van der Waals surface area contributed by atoms with Crippen LogP contribution in [0.5, 0.6) is 0 Å². The van der Waals surface area contributed by atoms with Crippen LogP contribution in [0.15, 0.2) is 6.33 Å². The van der Waals surface area contributed by atoms with Gasteiger partial charge in [-0.05, 0) is 6.42 Å². The summed E-state index contributed by atoms with van der Waals surface area (Å²) in [5.41, 5.74) is 0.295. The van der Waals surface area contributed by atoms with Crippen molar-refractivity contribution in [2.24, 2.45) is 0 Å². The maximum absolute atomic E-state index is 11.8. The Balaban J connectivity index is 2.21. The third kappa shape index (κ3) is 6.53. The van der Waals surface area contributed by atoms with E-state index in [0.29, 0.717) is 12.1 Å². The number of hydrogen-bond donors (Lipinski definition) is 1. The molecule has 1 rings (SSSR count). The summed E-state index contributed by atoms with van der Waals surface area (Å²) in [6.45, 7) is 2.20. The molecule has 0 radical (unpaired) electrons. The van der Waals surface area contributed by atoms with Gasteiger partial charge >= 0.3 is 0 Å². The smallest absolute Gasteiger partial charge is 0.224 e. The topological polar surface area (TPSA) is 54.9 Å². The van der Waals surface area contributed by atoms with Crippen molar-refractivity contribution in [1.82, 2.24) is 9.97 Å². The second-order valence-electron chi connectivity index (χ2n) is 4.75. The molecule has 1 aromatic heterocycles. The zero-order valence-corrected chi connectivity index (χ0v) is 13.3. The van der Waals surface area contributed by atoms with Gasteiger partial charge in [-0.3, -0.25) is 4.79 Å². The van der Waals surface area contributed by atoms with E-state index in [1.165, 1.54) is 38.4 Å². The number of unbranched alkanes of at least 4 members (excludes halogenated alkanes) is 6. The number of amides is 1. The molecule has 1 aromatic rings. The van der Waals surface area contributed by atoms with Gasteiger partial charge in [0.25, 0.3) is 0 Å². The Kier molecular flexibility index (Phi) is 8.54. The van der Waals surface area contributed by atoms with Crippen LogP contribution in [0.1, 0.15) is 58.3 Å². The van der Waals surface area contributed by atoms with Crippen LogP contribution >= 0.6 is 23.2 Å². The molecular weight excluding hydrogens is 297 g/mol. The van der Waals surface area contributed by atoms with Crippen molar-refractivity contribution in [2.75, 3.05) is 5.32 Å². The number of anilines is 1. The number of hydrogen-bond acceptors (Lipinski definition) is 3. The van der Waals surface area contributed by atoms with Gasteiger partial charge in [-0.2, -0.15) is 0 Å². The molecule has 0 aliphatic heterocycles. The summed E-state index contributed by atoms with van der Waals surface area (Å²) >= 11 is 11.7. The van der Waals surface area contributed by atoms with Gasteiger partial charge in [0.1, 0.15) is 12.0 Å². The molecule has 0 atom stereocenters. The lowest BCUT2D eigenvalue weighted by Gasteiger charge is -2.07. The first kappa shape index (κ1) is 17.2. The van der Waals surface area contributed by atoms with E-state index in [-0.39, 0.29) is 16.2 Å². The molecule has 0 fully saturated rings. The van der Waals surface area contributed by atoms with Crippen LogP contribution in [0, 0.1) is 0 Å². The third-order valence-corrected chi connectivity index (χ3v) is 3.60. The summed E-state index contributed by atoms with van der Waals surface area (Å²) in [5, 5.41) is 2.99. The normalized spacial score (nSPS) is 10.6. The molecule has 0 bridgehead atoms. The molecule has 0 saturated heterocycles. The zero-order valence-electron chi connectivity index (χ0n) is 11.8. The Bertz CT molecular complexity index is 407. The minimum Gasteiger partial charge on any atom is -0.321 e. The van der Waals surface area contributed by atoms with E-state index in [9.17, 15) is 4.79 Å². The van der Waals surface area contributed by atoms with E-state index in [0.717, 1.165) is 12.8 Å². The van der Waals surface area contributed by atoms with Gasteiger partial charge in [-0.1, -0.05) is 68.7 Å². The number of halogens is 2. The monoisotopic (exact) mass is 317 g/mol. The summed E-state index contributed by atoms with van der Waals surface area (Å²) in [6.07, 6.45) is 9.95. The van der Waals surface area contributed by atoms with Crippen molar-refractivity contribution >= 4 is 34.8 Å². The molecule has 112 valence electrons. The van der Waals surface area contributed by atoms with Crippen molar-refractivity contribution in [2.45, 2.75) is 58.3 Å². The van der Waals surface area contributed by atoms with Crippen molar-refractivity contribution < 1.29 is 4.79 Å². The number of aromatic nitrogens is 2. The number of rotatable bonds is 9. The molecule has 0 unspecified atom stereocenters. The lowest BCUT2D eigenvalue weighted by Crippen LogP contribution is -2.12. The first-order chi connectivity index (χ1) is 9.65. The highest BCUT2D eigenvalue weighted by Crippen LogP contribution is 2.25. The van der Waals surface area contributed by atoms with Crippen molar-refractivity contribution in [3.63, 3.8) is 0 Å². The molecular formula is C14H21Cl2N3O. The average molecular weight is 318 g/mol. The van der Waals surface area contributed by atoms with Gasteiger partial charge in [0.2, 0.25) is 5.91 Å². The van der Waals surface area contributed by atoms with Gasteiger partial charge < -0.3 is 5.32 Å². The minimum atomic E-state index is -0.0999. The SMILES string of the molecule is CCCCCCCCCC(=O)Nc1c(Cl)ncnc1Cl. The van der Waals surface area contributed by atoms with Gasteiger partial charge in [0.05, 0.1) is 0 Å². The van der Waals surface area contributed by atoms with Crippen LogP contribution in [0.25, 0.3) is 0 Å². The second kappa shape index (κ2) is 9.94. The van der Waals surface area contributed by atoms with Gasteiger partial charge in [0.15, 0.2) is 10.3 Å². The highest BCUT2D eigenvalue weighted by atomic mass is 35.5. The lowest BCUT2D eigenvalue weighted by atomic mass is 10.1. The number of carbonyl (C=O) groups excluding carboxylic acids is 1. The molecule has 0 saturated carbocycles. The van der Waals surface area contributed by atoms with Gasteiger partial charge in [0, 0.05) is 6.42 Å². The summed E-state index contributed by atoms with van der Waals surface area (Å²) in [5.74, 6) is -0.0999. The molecule has 1 N–H and O–H groups in total. The van der Waals surface area contributed by atoms with E-state index in [2.05, 4.69) is 22.2 Å². The van der Waals surface area contributed by atoms with Crippen LogP contribution < -0.4 is 5.32 Å². The summed E-state index contributed by atoms with van der Waals surface area (Å²) in [7, 11) is 0. The standard InChI is InChI=1S/C14H21Cl2N3O/c1-2-3-4-5-6-7-8-9-11(20)19-12-13(15)17-10-18-14(12)16/h10H,2-9H2,1H3,(H,19,20). The second-order valence-corrected chi connectivity index (χ2v) is 5.47. The minimum absolute atomic E-state index is 0.0999. The molecule has 0 spiro atoms. The average Bonchev–Trinajstić information content (AvgIpc) is 2.42. The molecule has 6 heteroatoms. The highest BCUT2D eigenvalue weighted by Gasteiger charge is 2.11. The Labute approximate surface area is 130 Å². The first-order valence-electron chi connectivity index (χ1n) is 7.11. The van der Waals surface area contributed by atoms with Crippen LogP contribution in [0.4, 0.5) is 5.69 Å². The maximum Gasteiger partial charge on any atom is 0.224 e. The predicted molar refractivity (Wildman–Crippen MR) is 83.3 cm³/mol. The number of carbonyl (C=O) groups is 1. The van der Waals surface area contributed by atoms with Crippen molar-refractivity contribution in [3.05, 3.63) is 16.6 Å². The van der Waals surface area contributed by atoms with Gasteiger partial charge in [-0.15, -0.1) is 0 Å². The maximum atomic E-state index is 11.8. The summed E-state index contributed by atoms with van der Waals surface area (Å²) < 4.78 is 0. The van der Waals surface area contributed by atoms with Gasteiger partial charge in [-0.25, -0.2) is 9.97 Å². The molecule has 20 heavy (non-hydrogen) atoms.